The van der Waals surface area contributed by atoms with Crippen molar-refractivity contribution in [3.8, 4) is 0 Å². The highest BCUT2D eigenvalue weighted by Gasteiger charge is 2.24. The molecule has 0 amide bonds. The van der Waals surface area contributed by atoms with Crippen molar-refractivity contribution in [3.05, 3.63) is 35.4 Å². The summed E-state index contributed by atoms with van der Waals surface area (Å²) in [6, 6.07) is 8.37. The summed E-state index contributed by atoms with van der Waals surface area (Å²) in [6.07, 6.45) is 1.81. The van der Waals surface area contributed by atoms with Crippen LogP contribution < -0.4 is 0 Å². The minimum absolute atomic E-state index is 0.166. The van der Waals surface area contributed by atoms with Crippen LogP contribution in [0.4, 0.5) is 0 Å². The summed E-state index contributed by atoms with van der Waals surface area (Å²) in [6.45, 7) is 8.98. The first-order chi connectivity index (χ1) is 10.6. The zero-order valence-corrected chi connectivity index (χ0v) is 13.9. The number of hydroxylamine groups is 2. The molecule has 0 saturated carbocycles. The molecule has 0 N–H and O–H groups in total. The largest absolute Gasteiger partial charge is 0.379 e. The fourth-order valence-electron chi connectivity index (χ4n) is 2.72. The minimum atomic E-state index is -0.198. The van der Waals surface area contributed by atoms with Crippen molar-refractivity contribution in [1.29, 1.82) is 0 Å². The van der Waals surface area contributed by atoms with Gasteiger partial charge in [0.1, 0.15) is 0 Å². The molecular formula is C18H27NO3. The molecule has 1 heterocycles. The molecular weight excluding hydrogens is 278 g/mol. The Kier molecular flexibility index (Phi) is 6.40. The van der Waals surface area contributed by atoms with E-state index in [4.69, 9.17) is 9.57 Å². The highest BCUT2D eigenvalue weighted by atomic mass is 16.7. The second kappa shape index (κ2) is 8.30. The second-order valence-electron chi connectivity index (χ2n) is 6.25. The first-order valence-corrected chi connectivity index (χ1v) is 8.23. The fourth-order valence-corrected chi connectivity index (χ4v) is 2.72. The van der Waals surface area contributed by atoms with Gasteiger partial charge < -0.3 is 9.57 Å². The molecule has 1 saturated heterocycles. The van der Waals surface area contributed by atoms with Gasteiger partial charge in [-0.25, -0.2) is 4.79 Å². The van der Waals surface area contributed by atoms with Gasteiger partial charge in [-0.05, 0) is 29.9 Å². The molecule has 1 aliphatic heterocycles. The van der Waals surface area contributed by atoms with Crippen LogP contribution in [0.2, 0.25) is 0 Å². The Balaban J connectivity index is 1.98. The number of rotatable bonds is 6. The number of ether oxygens (including phenoxy) is 1. The predicted molar refractivity (Wildman–Crippen MR) is 86.5 cm³/mol. The summed E-state index contributed by atoms with van der Waals surface area (Å²) >= 11 is 0. The van der Waals surface area contributed by atoms with Gasteiger partial charge in [-0.2, -0.15) is 0 Å². The van der Waals surface area contributed by atoms with E-state index in [2.05, 4.69) is 38.1 Å². The van der Waals surface area contributed by atoms with Crippen LogP contribution >= 0.6 is 0 Å². The Morgan fingerprint density at radius 2 is 1.86 bits per heavy atom. The van der Waals surface area contributed by atoms with Gasteiger partial charge in [-0.1, -0.05) is 45.0 Å². The molecule has 0 bridgehead atoms. The number of carbonyl (C=O) groups excluding carboxylic acids is 1. The van der Waals surface area contributed by atoms with Gasteiger partial charge in [0.05, 0.1) is 32.2 Å². The molecule has 122 valence electrons. The van der Waals surface area contributed by atoms with Gasteiger partial charge in [-0.15, -0.1) is 5.06 Å². The van der Waals surface area contributed by atoms with Crippen LogP contribution in [-0.2, 0) is 20.8 Å². The van der Waals surface area contributed by atoms with E-state index in [-0.39, 0.29) is 11.9 Å². The Bertz CT molecular complexity index is 464. The average Bonchev–Trinajstić information content (AvgIpc) is 2.50. The van der Waals surface area contributed by atoms with Gasteiger partial charge in [0, 0.05) is 0 Å². The zero-order valence-electron chi connectivity index (χ0n) is 13.9. The molecule has 1 fully saturated rings. The third-order valence-electron chi connectivity index (χ3n) is 3.91. The van der Waals surface area contributed by atoms with E-state index in [9.17, 15) is 4.79 Å². The second-order valence-corrected chi connectivity index (χ2v) is 6.25. The van der Waals surface area contributed by atoms with Crippen LogP contribution in [0.5, 0.6) is 0 Å². The van der Waals surface area contributed by atoms with Gasteiger partial charge in [0.25, 0.3) is 0 Å². The molecule has 1 unspecified atom stereocenters. The molecule has 22 heavy (non-hydrogen) atoms. The van der Waals surface area contributed by atoms with Gasteiger partial charge in [0.2, 0.25) is 0 Å². The van der Waals surface area contributed by atoms with Gasteiger partial charge >= 0.3 is 5.97 Å². The molecule has 0 aliphatic carbocycles. The van der Waals surface area contributed by atoms with Crippen LogP contribution in [0.1, 0.15) is 44.2 Å². The lowest BCUT2D eigenvalue weighted by molar-refractivity contribution is -0.207. The summed E-state index contributed by atoms with van der Waals surface area (Å²) < 4.78 is 5.26. The van der Waals surface area contributed by atoms with Crippen molar-refractivity contribution in [3.63, 3.8) is 0 Å². The maximum atomic E-state index is 12.4. The highest BCUT2D eigenvalue weighted by Crippen LogP contribution is 2.23. The lowest BCUT2D eigenvalue weighted by Gasteiger charge is -2.27. The monoisotopic (exact) mass is 305 g/mol. The van der Waals surface area contributed by atoms with Crippen molar-refractivity contribution in [2.75, 3.05) is 26.3 Å². The molecule has 1 aromatic rings. The quantitative estimate of drug-likeness (QED) is 0.809. The Morgan fingerprint density at radius 3 is 2.41 bits per heavy atom. The zero-order chi connectivity index (χ0) is 15.9. The number of morpholine rings is 1. The van der Waals surface area contributed by atoms with E-state index in [0.717, 1.165) is 18.4 Å². The lowest BCUT2D eigenvalue weighted by Crippen LogP contribution is -2.39. The smallest absolute Gasteiger partial charge is 0.332 e. The van der Waals surface area contributed by atoms with E-state index in [1.165, 1.54) is 5.56 Å². The number of hydrogen-bond donors (Lipinski definition) is 0. The maximum absolute atomic E-state index is 12.4. The van der Waals surface area contributed by atoms with E-state index < -0.39 is 0 Å². The standard InChI is InChI=1S/C18H27NO3/c1-4-17(18(20)22-19-9-11-21-12-10-19)16-7-5-15(6-8-16)13-14(2)3/h5-8,14,17H,4,9-13H2,1-3H3. The molecule has 4 heteroatoms. The molecule has 0 spiro atoms. The molecule has 1 atom stereocenters. The molecule has 0 aromatic heterocycles. The lowest BCUT2D eigenvalue weighted by atomic mass is 9.94. The first kappa shape index (κ1) is 17.0. The van der Waals surface area contributed by atoms with Crippen molar-refractivity contribution in [2.45, 2.75) is 39.5 Å². The molecule has 1 aromatic carbocycles. The first-order valence-electron chi connectivity index (χ1n) is 8.23. The SMILES string of the molecule is CCC(C(=O)ON1CCOCC1)c1ccc(CC(C)C)cc1. The Labute approximate surface area is 133 Å². The van der Waals surface area contributed by atoms with Gasteiger partial charge in [0.15, 0.2) is 0 Å². The normalized spacial score (nSPS) is 17.5. The maximum Gasteiger partial charge on any atom is 0.332 e. The summed E-state index contributed by atoms with van der Waals surface area (Å²) in [5, 5.41) is 1.71. The van der Waals surface area contributed by atoms with Crippen molar-refractivity contribution >= 4 is 5.97 Å². The third kappa shape index (κ3) is 4.82. The number of carbonyl (C=O) groups is 1. The van der Waals surface area contributed by atoms with Crippen molar-refractivity contribution in [1.82, 2.24) is 5.06 Å². The van der Waals surface area contributed by atoms with Crippen LogP contribution in [-0.4, -0.2) is 37.3 Å². The molecule has 2 rings (SSSR count). The number of hydrogen-bond acceptors (Lipinski definition) is 4. The Hall–Kier alpha value is -1.39. The van der Waals surface area contributed by atoms with Crippen LogP contribution in [0.25, 0.3) is 0 Å². The molecule has 0 radical (unpaired) electrons. The predicted octanol–water partition coefficient (Wildman–Crippen LogP) is 3.17. The molecule has 4 nitrogen and oxygen atoms in total. The van der Waals surface area contributed by atoms with Crippen molar-refractivity contribution < 1.29 is 14.4 Å². The average molecular weight is 305 g/mol. The van der Waals surface area contributed by atoms with Gasteiger partial charge in [-0.3, -0.25) is 0 Å². The summed E-state index contributed by atoms with van der Waals surface area (Å²) in [7, 11) is 0. The summed E-state index contributed by atoms with van der Waals surface area (Å²) in [5.41, 5.74) is 2.35. The summed E-state index contributed by atoms with van der Waals surface area (Å²) in [4.78, 5) is 17.9. The summed E-state index contributed by atoms with van der Waals surface area (Å²) in [5.74, 6) is 0.274. The van der Waals surface area contributed by atoms with E-state index in [1.807, 2.05) is 6.92 Å². The number of benzene rings is 1. The minimum Gasteiger partial charge on any atom is -0.379 e. The molecule has 1 aliphatic rings. The van der Waals surface area contributed by atoms with Crippen molar-refractivity contribution in [2.24, 2.45) is 5.92 Å². The Morgan fingerprint density at radius 1 is 1.23 bits per heavy atom. The van der Waals surface area contributed by atoms with Crippen LogP contribution in [0.15, 0.2) is 24.3 Å². The fraction of sp³-hybridized carbons (Fsp3) is 0.611. The highest BCUT2D eigenvalue weighted by molar-refractivity contribution is 5.77. The topological polar surface area (TPSA) is 38.8 Å². The van der Waals surface area contributed by atoms with Crippen LogP contribution in [0.3, 0.4) is 0 Å². The van der Waals surface area contributed by atoms with E-state index >= 15 is 0 Å². The number of nitrogens with zero attached hydrogens (tertiary/aromatic N) is 1. The third-order valence-corrected chi connectivity index (χ3v) is 3.91. The van der Waals surface area contributed by atoms with E-state index in [1.54, 1.807) is 5.06 Å². The van der Waals surface area contributed by atoms with Crippen LogP contribution in [0, 0.1) is 5.92 Å². The van der Waals surface area contributed by atoms with E-state index in [0.29, 0.717) is 32.2 Å².